The Bertz CT molecular complexity index is 195. The van der Waals surface area contributed by atoms with E-state index in [1.54, 1.807) is 0 Å². The van der Waals surface area contributed by atoms with Crippen LogP contribution in [0, 0.1) is 0 Å². The van der Waals surface area contributed by atoms with Gasteiger partial charge in [0, 0.05) is 32.3 Å². The second-order valence-corrected chi connectivity index (χ2v) is 4.71. The zero-order valence-corrected chi connectivity index (χ0v) is 10.3. The molecule has 0 aromatic rings. The molecule has 0 amide bonds. The fraction of sp³-hybridized carbons (Fsp3) is 1.00. The van der Waals surface area contributed by atoms with E-state index in [0.717, 1.165) is 46.0 Å². The molecule has 2 saturated heterocycles. The topological polar surface area (TPSA) is 33.7 Å². The highest BCUT2D eigenvalue weighted by molar-refractivity contribution is 4.76. The summed E-state index contributed by atoms with van der Waals surface area (Å²) in [5.41, 5.74) is 0. The Hall–Kier alpha value is -0.160. The number of morpholine rings is 1. The molecule has 2 aliphatic heterocycles. The molecule has 0 aromatic carbocycles. The molecule has 0 saturated carbocycles. The van der Waals surface area contributed by atoms with Crippen molar-refractivity contribution in [3.8, 4) is 0 Å². The van der Waals surface area contributed by atoms with Crippen LogP contribution in [0.15, 0.2) is 0 Å². The molecule has 16 heavy (non-hydrogen) atoms. The maximum atomic E-state index is 5.76. The average molecular weight is 228 g/mol. The number of ether oxygens (including phenoxy) is 2. The molecule has 94 valence electrons. The molecule has 1 N–H and O–H groups in total. The van der Waals surface area contributed by atoms with Crippen LogP contribution in [0.5, 0.6) is 0 Å². The first-order valence-corrected chi connectivity index (χ1v) is 6.53. The molecule has 0 spiro atoms. The Morgan fingerprint density at radius 3 is 3.06 bits per heavy atom. The van der Waals surface area contributed by atoms with E-state index in [1.165, 1.54) is 12.8 Å². The van der Waals surface area contributed by atoms with Crippen molar-refractivity contribution in [3.63, 3.8) is 0 Å². The van der Waals surface area contributed by atoms with Crippen molar-refractivity contribution >= 4 is 0 Å². The predicted molar refractivity (Wildman–Crippen MR) is 63.7 cm³/mol. The smallest absolute Gasteiger partial charge is 0.0826 e. The van der Waals surface area contributed by atoms with Gasteiger partial charge in [0.25, 0.3) is 0 Å². The monoisotopic (exact) mass is 228 g/mol. The Morgan fingerprint density at radius 1 is 1.38 bits per heavy atom. The highest BCUT2D eigenvalue weighted by Gasteiger charge is 2.21. The van der Waals surface area contributed by atoms with Crippen LogP contribution in [0.3, 0.4) is 0 Å². The van der Waals surface area contributed by atoms with Crippen LogP contribution < -0.4 is 5.32 Å². The maximum absolute atomic E-state index is 5.76. The summed E-state index contributed by atoms with van der Waals surface area (Å²) in [4.78, 5) is 2.45. The number of nitrogens with zero attached hydrogens (tertiary/aromatic N) is 1. The van der Waals surface area contributed by atoms with E-state index >= 15 is 0 Å². The summed E-state index contributed by atoms with van der Waals surface area (Å²) in [6, 6.07) is 0.536. The van der Waals surface area contributed by atoms with Crippen molar-refractivity contribution in [3.05, 3.63) is 0 Å². The van der Waals surface area contributed by atoms with Crippen LogP contribution >= 0.6 is 0 Å². The van der Waals surface area contributed by atoms with Crippen LogP contribution in [0.2, 0.25) is 0 Å². The van der Waals surface area contributed by atoms with Crippen LogP contribution in [0.1, 0.15) is 19.8 Å². The predicted octanol–water partition coefficient (Wildman–Crippen LogP) is 0.476. The molecule has 2 atom stereocenters. The highest BCUT2D eigenvalue weighted by atomic mass is 16.5. The molecule has 2 fully saturated rings. The van der Waals surface area contributed by atoms with Crippen molar-refractivity contribution in [2.24, 2.45) is 0 Å². The summed E-state index contributed by atoms with van der Waals surface area (Å²) in [6.07, 6.45) is 2.78. The Kier molecular flexibility index (Phi) is 5.03. The maximum Gasteiger partial charge on any atom is 0.0826 e. The van der Waals surface area contributed by atoms with Gasteiger partial charge in [0.1, 0.15) is 0 Å². The second kappa shape index (κ2) is 6.55. The van der Waals surface area contributed by atoms with Crippen LogP contribution in [0.4, 0.5) is 0 Å². The largest absolute Gasteiger partial charge is 0.380 e. The van der Waals surface area contributed by atoms with Gasteiger partial charge in [0.05, 0.1) is 19.3 Å². The molecule has 2 aliphatic rings. The van der Waals surface area contributed by atoms with Gasteiger partial charge in [-0.2, -0.15) is 0 Å². The summed E-state index contributed by atoms with van der Waals surface area (Å²) in [7, 11) is 0. The molecule has 0 radical (unpaired) electrons. The summed E-state index contributed by atoms with van der Waals surface area (Å²) < 4.78 is 11.2. The number of nitrogens with one attached hydrogen (secondary N) is 1. The lowest BCUT2D eigenvalue weighted by molar-refractivity contribution is -0.0294. The second-order valence-electron chi connectivity index (χ2n) is 4.71. The fourth-order valence-electron chi connectivity index (χ4n) is 2.39. The number of rotatable bonds is 4. The first-order chi connectivity index (χ1) is 7.88. The van der Waals surface area contributed by atoms with Gasteiger partial charge in [0.2, 0.25) is 0 Å². The van der Waals surface area contributed by atoms with Gasteiger partial charge >= 0.3 is 0 Å². The summed E-state index contributed by atoms with van der Waals surface area (Å²) in [5, 5.41) is 3.56. The van der Waals surface area contributed by atoms with Gasteiger partial charge in [-0.05, 0) is 19.4 Å². The minimum Gasteiger partial charge on any atom is -0.380 e. The van der Waals surface area contributed by atoms with Gasteiger partial charge in [-0.1, -0.05) is 6.92 Å². The Labute approximate surface area is 98.3 Å². The summed E-state index contributed by atoms with van der Waals surface area (Å²) >= 11 is 0. The molecule has 2 rings (SSSR count). The van der Waals surface area contributed by atoms with E-state index in [0.29, 0.717) is 12.1 Å². The minimum absolute atomic E-state index is 0.357. The number of likely N-dealkylation sites (N-methyl/N-ethyl adjacent to an activating group) is 1. The normalized spacial score (nSPS) is 32.8. The van der Waals surface area contributed by atoms with E-state index in [2.05, 4.69) is 17.1 Å². The first kappa shape index (κ1) is 12.3. The third kappa shape index (κ3) is 3.70. The van der Waals surface area contributed by atoms with Gasteiger partial charge < -0.3 is 14.8 Å². The van der Waals surface area contributed by atoms with Crippen molar-refractivity contribution in [2.45, 2.75) is 31.9 Å². The molecule has 4 heteroatoms. The summed E-state index contributed by atoms with van der Waals surface area (Å²) in [5.74, 6) is 0. The number of hydrogen-bond donors (Lipinski definition) is 1. The third-order valence-corrected chi connectivity index (χ3v) is 3.46. The van der Waals surface area contributed by atoms with E-state index in [4.69, 9.17) is 9.47 Å². The average Bonchev–Trinajstić information content (AvgIpc) is 2.38. The van der Waals surface area contributed by atoms with E-state index in [9.17, 15) is 0 Å². The molecule has 4 nitrogen and oxygen atoms in total. The lowest BCUT2D eigenvalue weighted by Gasteiger charge is -2.33. The summed E-state index contributed by atoms with van der Waals surface area (Å²) in [6.45, 7) is 9.13. The third-order valence-electron chi connectivity index (χ3n) is 3.46. The first-order valence-electron chi connectivity index (χ1n) is 6.53. The van der Waals surface area contributed by atoms with Gasteiger partial charge in [-0.3, -0.25) is 4.90 Å². The standard InChI is InChI=1S/C12H24N2O2/c1-2-14-5-7-16-12(9-14)8-13-11-4-3-6-15-10-11/h11-13H,2-10H2,1H3. The Morgan fingerprint density at radius 2 is 2.31 bits per heavy atom. The van der Waals surface area contributed by atoms with Crippen molar-refractivity contribution in [1.29, 1.82) is 0 Å². The van der Waals surface area contributed by atoms with Crippen molar-refractivity contribution < 1.29 is 9.47 Å². The lowest BCUT2D eigenvalue weighted by Crippen LogP contribution is -2.49. The van der Waals surface area contributed by atoms with E-state index in [1.807, 2.05) is 0 Å². The molecule has 0 bridgehead atoms. The lowest BCUT2D eigenvalue weighted by atomic mass is 10.1. The van der Waals surface area contributed by atoms with E-state index in [-0.39, 0.29) is 0 Å². The fourth-order valence-corrected chi connectivity index (χ4v) is 2.39. The molecule has 2 heterocycles. The van der Waals surface area contributed by atoms with Crippen LogP contribution in [-0.4, -0.2) is 63.0 Å². The van der Waals surface area contributed by atoms with Crippen LogP contribution in [0.25, 0.3) is 0 Å². The van der Waals surface area contributed by atoms with Gasteiger partial charge in [-0.15, -0.1) is 0 Å². The minimum atomic E-state index is 0.357. The van der Waals surface area contributed by atoms with Crippen molar-refractivity contribution in [1.82, 2.24) is 10.2 Å². The molecule has 0 aliphatic carbocycles. The van der Waals surface area contributed by atoms with Gasteiger partial charge in [0.15, 0.2) is 0 Å². The highest BCUT2D eigenvalue weighted by Crippen LogP contribution is 2.08. The van der Waals surface area contributed by atoms with Crippen molar-refractivity contribution in [2.75, 3.05) is 46.0 Å². The molecule has 2 unspecified atom stereocenters. The Balaban J connectivity index is 1.64. The number of hydrogen-bond acceptors (Lipinski definition) is 4. The molecular formula is C12H24N2O2. The zero-order chi connectivity index (χ0) is 11.2. The molecule has 0 aromatic heterocycles. The molecular weight excluding hydrogens is 204 g/mol. The van der Waals surface area contributed by atoms with Crippen LogP contribution in [-0.2, 0) is 9.47 Å². The SMILES string of the molecule is CCN1CCOC(CNC2CCCOC2)C1. The van der Waals surface area contributed by atoms with Gasteiger partial charge in [-0.25, -0.2) is 0 Å². The zero-order valence-electron chi connectivity index (χ0n) is 10.3. The quantitative estimate of drug-likeness (QED) is 0.758. The van der Waals surface area contributed by atoms with E-state index < -0.39 is 0 Å².